The molecule has 0 aromatic carbocycles. The van der Waals surface area contributed by atoms with Crippen molar-refractivity contribution >= 4 is 12.0 Å². The van der Waals surface area contributed by atoms with Crippen LogP contribution in [0.3, 0.4) is 0 Å². The molecule has 0 saturated heterocycles. The number of carbonyl (C=O) groups is 2. The van der Waals surface area contributed by atoms with Gasteiger partial charge in [-0.05, 0) is 18.8 Å². The number of urea groups is 1. The predicted octanol–water partition coefficient (Wildman–Crippen LogP) is 1.59. The van der Waals surface area contributed by atoms with E-state index in [1.165, 1.54) is 0 Å². The molecule has 1 fully saturated rings. The largest absolute Gasteiger partial charge is 0.481 e. The second kappa shape index (κ2) is 6.51. The molecule has 0 aromatic heterocycles. The molecule has 3 N–H and O–H groups in total. The van der Waals surface area contributed by atoms with E-state index in [1.54, 1.807) is 0 Å². The van der Waals surface area contributed by atoms with Gasteiger partial charge in [0.05, 0.1) is 6.42 Å². The second-order valence-corrected chi connectivity index (χ2v) is 4.60. The highest BCUT2D eigenvalue weighted by atomic mass is 19.3. The number of aliphatic carboxylic acids is 1. The molecule has 1 aliphatic carbocycles. The van der Waals surface area contributed by atoms with Crippen LogP contribution < -0.4 is 10.6 Å². The SMILES string of the molecule is O=C(O)CCNC(=O)NCC1CCCC(F)(F)C1. The maximum atomic E-state index is 13.1. The minimum atomic E-state index is -2.62. The number of alkyl halides is 2. The van der Waals surface area contributed by atoms with Gasteiger partial charge in [0.1, 0.15) is 0 Å². The summed E-state index contributed by atoms with van der Waals surface area (Å²) in [6.07, 6.45) is 0.733. The third-order valence-corrected chi connectivity index (χ3v) is 2.92. The van der Waals surface area contributed by atoms with Gasteiger partial charge in [0.2, 0.25) is 5.92 Å². The molecule has 1 atom stereocenters. The van der Waals surface area contributed by atoms with Crippen molar-refractivity contribution in [3.63, 3.8) is 0 Å². The van der Waals surface area contributed by atoms with Gasteiger partial charge in [0, 0.05) is 25.9 Å². The van der Waals surface area contributed by atoms with Gasteiger partial charge in [-0.15, -0.1) is 0 Å². The molecule has 7 heteroatoms. The van der Waals surface area contributed by atoms with Crippen LogP contribution in [0.1, 0.15) is 32.1 Å². The number of hydrogen-bond acceptors (Lipinski definition) is 2. The zero-order valence-electron chi connectivity index (χ0n) is 10.0. The molecule has 0 aromatic rings. The van der Waals surface area contributed by atoms with Crippen LogP contribution in [0.4, 0.5) is 13.6 Å². The highest BCUT2D eigenvalue weighted by Crippen LogP contribution is 2.36. The Morgan fingerprint density at radius 3 is 2.67 bits per heavy atom. The van der Waals surface area contributed by atoms with Gasteiger partial charge in [-0.1, -0.05) is 0 Å². The van der Waals surface area contributed by atoms with Gasteiger partial charge < -0.3 is 15.7 Å². The van der Waals surface area contributed by atoms with Gasteiger partial charge in [-0.3, -0.25) is 4.79 Å². The van der Waals surface area contributed by atoms with Crippen molar-refractivity contribution in [1.29, 1.82) is 0 Å². The average Bonchev–Trinajstić information content (AvgIpc) is 2.24. The number of amides is 2. The van der Waals surface area contributed by atoms with E-state index in [9.17, 15) is 18.4 Å². The average molecular weight is 264 g/mol. The van der Waals surface area contributed by atoms with Gasteiger partial charge in [-0.25, -0.2) is 13.6 Å². The number of carboxylic acids is 1. The molecule has 1 rings (SSSR count). The Balaban J connectivity index is 2.16. The lowest BCUT2D eigenvalue weighted by atomic mass is 9.86. The normalized spacial score (nSPS) is 22.2. The van der Waals surface area contributed by atoms with E-state index in [-0.39, 0.29) is 38.3 Å². The monoisotopic (exact) mass is 264 g/mol. The van der Waals surface area contributed by atoms with Crippen LogP contribution in [0, 0.1) is 5.92 Å². The Labute approximate surface area is 104 Å². The summed E-state index contributed by atoms with van der Waals surface area (Å²) in [6.45, 7) is 0.233. The standard InChI is InChI=1S/C11H18F2N2O3/c12-11(13)4-1-2-8(6-11)7-15-10(18)14-5-3-9(16)17/h8H,1-7H2,(H,16,17)(H2,14,15,18). The molecule has 5 nitrogen and oxygen atoms in total. The van der Waals surface area contributed by atoms with E-state index in [4.69, 9.17) is 5.11 Å². The third kappa shape index (κ3) is 5.79. The Bertz CT molecular complexity index is 311. The molecule has 104 valence electrons. The quantitative estimate of drug-likeness (QED) is 0.705. The smallest absolute Gasteiger partial charge is 0.314 e. The summed E-state index contributed by atoms with van der Waals surface area (Å²) >= 11 is 0. The predicted molar refractivity (Wildman–Crippen MR) is 60.6 cm³/mol. The Hall–Kier alpha value is -1.40. The van der Waals surface area contributed by atoms with E-state index in [2.05, 4.69) is 10.6 Å². The molecule has 18 heavy (non-hydrogen) atoms. The van der Waals surface area contributed by atoms with Crippen LogP contribution in [-0.4, -0.2) is 36.1 Å². The molecular weight excluding hydrogens is 246 g/mol. The van der Waals surface area contributed by atoms with Crippen molar-refractivity contribution < 1.29 is 23.5 Å². The molecule has 0 heterocycles. The molecule has 1 unspecified atom stereocenters. The minimum absolute atomic E-state index is 0.0298. The fourth-order valence-corrected chi connectivity index (χ4v) is 2.03. The molecule has 0 radical (unpaired) electrons. The van der Waals surface area contributed by atoms with Gasteiger partial charge >= 0.3 is 12.0 Å². The van der Waals surface area contributed by atoms with E-state index < -0.39 is 17.9 Å². The summed E-state index contributed by atoms with van der Waals surface area (Å²) in [4.78, 5) is 21.4. The number of rotatable bonds is 5. The molecule has 0 bridgehead atoms. The number of carbonyl (C=O) groups excluding carboxylic acids is 1. The molecule has 0 aliphatic heterocycles. The van der Waals surface area contributed by atoms with Gasteiger partial charge in [0.15, 0.2) is 0 Å². The fraction of sp³-hybridized carbons (Fsp3) is 0.818. The fourth-order valence-electron chi connectivity index (χ4n) is 2.03. The summed E-state index contributed by atoms with van der Waals surface area (Å²) in [5.41, 5.74) is 0. The first-order valence-electron chi connectivity index (χ1n) is 6.00. The van der Waals surface area contributed by atoms with Crippen LogP contribution in [0.25, 0.3) is 0 Å². The number of nitrogens with one attached hydrogen (secondary N) is 2. The van der Waals surface area contributed by atoms with Crippen LogP contribution in [0.5, 0.6) is 0 Å². The number of hydrogen-bond donors (Lipinski definition) is 3. The summed E-state index contributed by atoms with van der Waals surface area (Å²) in [5, 5.41) is 13.2. The number of halogens is 2. The Kier molecular flexibility index (Phi) is 5.30. The summed E-state index contributed by atoms with van der Waals surface area (Å²) in [5.74, 6) is -3.83. The van der Waals surface area contributed by atoms with Crippen molar-refractivity contribution in [2.24, 2.45) is 5.92 Å². The van der Waals surface area contributed by atoms with E-state index in [1.807, 2.05) is 0 Å². The Morgan fingerprint density at radius 2 is 2.06 bits per heavy atom. The number of carboxylic acid groups (broad SMARTS) is 1. The minimum Gasteiger partial charge on any atom is -0.481 e. The maximum Gasteiger partial charge on any atom is 0.314 e. The van der Waals surface area contributed by atoms with E-state index in [0.29, 0.717) is 12.8 Å². The third-order valence-electron chi connectivity index (χ3n) is 2.92. The Morgan fingerprint density at radius 1 is 1.33 bits per heavy atom. The van der Waals surface area contributed by atoms with Gasteiger partial charge in [0.25, 0.3) is 0 Å². The first kappa shape index (κ1) is 14.7. The van der Waals surface area contributed by atoms with Crippen LogP contribution >= 0.6 is 0 Å². The van der Waals surface area contributed by atoms with Crippen molar-refractivity contribution in [3.8, 4) is 0 Å². The lowest BCUT2D eigenvalue weighted by molar-refractivity contribution is -0.136. The first-order valence-corrected chi connectivity index (χ1v) is 6.00. The van der Waals surface area contributed by atoms with E-state index >= 15 is 0 Å². The zero-order chi connectivity index (χ0) is 13.6. The van der Waals surface area contributed by atoms with E-state index in [0.717, 1.165) is 0 Å². The molecule has 1 saturated carbocycles. The van der Waals surface area contributed by atoms with Gasteiger partial charge in [-0.2, -0.15) is 0 Å². The van der Waals surface area contributed by atoms with Crippen LogP contribution in [0.15, 0.2) is 0 Å². The molecule has 1 aliphatic rings. The highest BCUT2D eigenvalue weighted by molar-refractivity contribution is 5.74. The van der Waals surface area contributed by atoms with Crippen molar-refractivity contribution in [2.75, 3.05) is 13.1 Å². The summed E-state index contributed by atoms with van der Waals surface area (Å²) in [6, 6.07) is -0.509. The van der Waals surface area contributed by atoms with Crippen LogP contribution in [-0.2, 0) is 4.79 Å². The first-order chi connectivity index (χ1) is 8.39. The molecule has 2 amide bonds. The van der Waals surface area contributed by atoms with Crippen molar-refractivity contribution in [1.82, 2.24) is 10.6 Å². The highest BCUT2D eigenvalue weighted by Gasteiger charge is 2.36. The van der Waals surface area contributed by atoms with Crippen LogP contribution in [0.2, 0.25) is 0 Å². The molecule has 0 spiro atoms. The topological polar surface area (TPSA) is 78.4 Å². The van der Waals surface area contributed by atoms with Crippen molar-refractivity contribution in [2.45, 2.75) is 38.0 Å². The summed E-state index contributed by atoms with van der Waals surface area (Å²) < 4.78 is 26.2. The lowest BCUT2D eigenvalue weighted by Gasteiger charge is -2.28. The second-order valence-electron chi connectivity index (χ2n) is 4.60. The maximum absolute atomic E-state index is 13.1. The lowest BCUT2D eigenvalue weighted by Crippen LogP contribution is -2.41. The zero-order valence-corrected chi connectivity index (χ0v) is 10.0. The summed E-state index contributed by atoms with van der Waals surface area (Å²) in [7, 11) is 0. The van der Waals surface area contributed by atoms with Crippen molar-refractivity contribution in [3.05, 3.63) is 0 Å². The molecular formula is C11H18F2N2O3.